The second-order valence-electron chi connectivity index (χ2n) is 6.54. The smallest absolute Gasteiger partial charge is 0.271 e. The summed E-state index contributed by atoms with van der Waals surface area (Å²) in [4.78, 5) is 29.2. The largest absolute Gasteiger partial charge is 0.441 e. The number of non-ortho nitro benzene ring substituents is 1. The lowest BCUT2D eigenvalue weighted by Crippen LogP contribution is -2.30. The zero-order valence-electron chi connectivity index (χ0n) is 15.0. The van der Waals surface area contributed by atoms with E-state index in [2.05, 4.69) is 4.98 Å². The number of nitro groups is 1. The summed E-state index contributed by atoms with van der Waals surface area (Å²) in [5.41, 5.74) is 2.03. The number of hydrogen-bond acceptors (Lipinski definition) is 5. The predicted octanol–water partition coefficient (Wildman–Crippen LogP) is 3.83. The van der Waals surface area contributed by atoms with Gasteiger partial charge in [0.05, 0.1) is 28.3 Å². The number of anilines is 1. The van der Waals surface area contributed by atoms with Gasteiger partial charge in [-0.1, -0.05) is 18.2 Å². The van der Waals surface area contributed by atoms with Gasteiger partial charge in [0, 0.05) is 18.7 Å². The Kier molecular flexibility index (Phi) is 4.38. The number of nitro benzene ring substituents is 1. The van der Waals surface area contributed by atoms with Crippen LogP contribution < -0.4 is 4.90 Å². The molecule has 142 valence electrons. The van der Waals surface area contributed by atoms with Crippen LogP contribution in [0, 0.1) is 22.9 Å². The van der Waals surface area contributed by atoms with Crippen molar-refractivity contribution in [2.24, 2.45) is 0 Å². The Morgan fingerprint density at radius 2 is 2.11 bits per heavy atom. The maximum atomic E-state index is 14.0. The van der Waals surface area contributed by atoms with Gasteiger partial charge in [-0.25, -0.2) is 9.37 Å². The lowest BCUT2D eigenvalue weighted by molar-refractivity contribution is -0.384. The number of hydrogen-bond donors (Lipinski definition) is 0. The number of halogens is 1. The SMILES string of the molecule is Cc1oc(-c2ccccc2F)nc1CC(=O)N1CCc2ccc([N+](=O)[O-])cc21. The van der Waals surface area contributed by atoms with Gasteiger partial charge in [0.15, 0.2) is 0 Å². The molecule has 1 aromatic heterocycles. The minimum absolute atomic E-state index is 0.0358. The molecule has 0 saturated carbocycles. The summed E-state index contributed by atoms with van der Waals surface area (Å²) in [5.74, 6) is -0.140. The van der Waals surface area contributed by atoms with Gasteiger partial charge in [-0.2, -0.15) is 0 Å². The van der Waals surface area contributed by atoms with Crippen LogP contribution in [0.5, 0.6) is 0 Å². The van der Waals surface area contributed by atoms with E-state index in [1.807, 2.05) is 0 Å². The van der Waals surface area contributed by atoms with Crippen LogP contribution >= 0.6 is 0 Å². The molecule has 8 heteroatoms. The number of aromatic nitrogens is 1. The second kappa shape index (κ2) is 6.88. The van der Waals surface area contributed by atoms with Gasteiger partial charge in [-0.3, -0.25) is 14.9 Å². The molecule has 0 spiro atoms. The van der Waals surface area contributed by atoms with Gasteiger partial charge >= 0.3 is 0 Å². The summed E-state index contributed by atoms with van der Waals surface area (Å²) in [5, 5.41) is 11.0. The number of benzene rings is 2. The average molecular weight is 381 g/mol. The highest BCUT2D eigenvalue weighted by Gasteiger charge is 2.28. The average Bonchev–Trinajstić information content (AvgIpc) is 3.25. The summed E-state index contributed by atoms with van der Waals surface area (Å²) in [6.45, 7) is 2.12. The number of oxazole rings is 1. The quantitative estimate of drug-likeness (QED) is 0.506. The number of nitrogens with zero attached hydrogens (tertiary/aromatic N) is 3. The van der Waals surface area contributed by atoms with Crippen LogP contribution in [0.1, 0.15) is 17.0 Å². The zero-order valence-corrected chi connectivity index (χ0v) is 15.0. The molecule has 7 nitrogen and oxygen atoms in total. The number of carbonyl (C=O) groups excluding carboxylic acids is 1. The fourth-order valence-corrected chi connectivity index (χ4v) is 3.32. The molecule has 4 rings (SSSR count). The molecule has 0 unspecified atom stereocenters. The Morgan fingerprint density at radius 1 is 1.32 bits per heavy atom. The molecule has 2 aromatic carbocycles. The lowest BCUT2D eigenvalue weighted by Gasteiger charge is -2.16. The maximum Gasteiger partial charge on any atom is 0.271 e. The molecule has 3 aromatic rings. The van der Waals surface area contributed by atoms with Crippen LogP contribution in [-0.2, 0) is 17.6 Å². The fraction of sp³-hybridized carbons (Fsp3) is 0.200. The third kappa shape index (κ3) is 3.13. The molecule has 0 aliphatic carbocycles. The minimum atomic E-state index is -0.482. The standard InChI is InChI=1S/C20H16FN3O4/c1-12-17(22-20(28-12)15-4-2-3-5-16(15)21)11-19(25)23-9-8-13-6-7-14(24(26)27)10-18(13)23/h2-7,10H,8-9,11H2,1H3. The zero-order chi connectivity index (χ0) is 19.8. The third-order valence-corrected chi connectivity index (χ3v) is 4.79. The Labute approximate surface area is 159 Å². The number of rotatable bonds is 4. The summed E-state index contributed by atoms with van der Waals surface area (Å²) >= 11 is 0. The molecule has 0 fully saturated rings. The van der Waals surface area contributed by atoms with Crippen molar-refractivity contribution in [3.8, 4) is 11.5 Å². The first-order valence-electron chi connectivity index (χ1n) is 8.73. The van der Waals surface area contributed by atoms with Crippen LogP contribution in [0.2, 0.25) is 0 Å². The van der Waals surface area contributed by atoms with Crippen LogP contribution in [0.15, 0.2) is 46.9 Å². The Morgan fingerprint density at radius 3 is 2.86 bits per heavy atom. The maximum absolute atomic E-state index is 14.0. The molecule has 2 heterocycles. The highest BCUT2D eigenvalue weighted by Crippen LogP contribution is 2.32. The van der Waals surface area contributed by atoms with Gasteiger partial charge in [-0.15, -0.1) is 0 Å². The van der Waals surface area contributed by atoms with Gasteiger partial charge in [0.25, 0.3) is 5.69 Å². The van der Waals surface area contributed by atoms with E-state index >= 15 is 0 Å². The highest BCUT2D eigenvalue weighted by molar-refractivity contribution is 5.97. The molecule has 1 amide bonds. The van der Waals surface area contributed by atoms with Crippen LogP contribution in [-0.4, -0.2) is 22.4 Å². The molecular weight excluding hydrogens is 365 g/mol. The van der Waals surface area contributed by atoms with E-state index in [0.29, 0.717) is 30.1 Å². The first-order chi connectivity index (χ1) is 13.4. The summed E-state index contributed by atoms with van der Waals surface area (Å²) in [7, 11) is 0. The second-order valence-corrected chi connectivity index (χ2v) is 6.54. The molecule has 0 radical (unpaired) electrons. The van der Waals surface area contributed by atoms with E-state index < -0.39 is 10.7 Å². The predicted molar refractivity (Wildman–Crippen MR) is 99.5 cm³/mol. The van der Waals surface area contributed by atoms with Crippen LogP contribution in [0.4, 0.5) is 15.8 Å². The monoisotopic (exact) mass is 381 g/mol. The molecule has 0 bridgehead atoms. The lowest BCUT2D eigenvalue weighted by atomic mass is 10.1. The van der Waals surface area contributed by atoms with Gasteiger partial charge in [-0.05, 0) is 31.0 Å². The molecule has 1 aliphatic rings. The van der Waals surface area contributed by atoms with Crippen molar-refractivity contribution in [1.82, 2.24) is 4.98 Å². The van der Waals surface area contributed by atoms with Crippen molar-refractivity contribution >= 4 is 17.3 Å². The fourth-order valence-electron chi connectivity index (χ4n) is 3.32. The van der Waals surface area contributed by atoms with Crippen molar-refractivity contribution < 1.29 is 18.5 Å². The molecule has 0 saturated heterocycles. The first kappa shape index (κ1) is 17.8. The van der Waals surface area contributed by atoms with Gasteiger partial charge < -0.3 is 9.32 Å². The van der Waals surface area contributed by atoms with E-state index in [1.165, 1.54) is 23.1 Å². The van der Waals surface area contributed by atoms with Gasteiger partial charge in [0.1, 0.15) is 11.6 Å². The van der Waals surface area contributed by atoms with E-state index in [0.717, 1.165) is 5.56 Å². The van der Waals surface area contributed by atoms with E-state index in [-0.39, 0.29) is 29.5 Å². The van der Waals surface area contributed by atoms with E-state index in [4.69, 9.17) is 4.42 Å². The number of fused-ring (bicyclic) bond motifs is 1. The highest BCUT2D eigenvalue weighted by atomic mass is 19.1. The van der Waals surface area contributed by atoms with Crippen molar-refractivity contribution in [3.63, 3.8) is 0 Å². The molecule has 28 heavy (non-hydrogen) atoms. The molecule has 1 aliphatic heterocycles. The van der Waals surface area contributed by atoms with E-state index in [9.17, 15) is 19.3 Å². The van der Waals surface area contributed by atoms with Crippen molar-refractivity contribution in [3.05, 3.63) is 75.4 Å². The number of carbonyl (C=O) groups is 1. The van der Waals surface area contributed by atoms with Crippen LogP contribution in [0.25, 0.3) is 11.5 Å². The number of aryl methyl sites for hydroxylation is 1. The Hall–Kier alpha value is -3.55. The van der Waals surface area contributed by atoms with Crippen molar-refractivity contribution in [1.29, 1.82) is 0 Å². The van der Waals surface area contributed by atoms with Gasteiger partial charge in [0.2, 0.25) is 11.8 Å². The summed E-state index contributed by atoms with van der Waals surface area (Å²) < 4.78 is 19.5. The van der Waals surface area contributed by atoms with Crippen molar-refractivity contribution in [2.45, 2.75) is 19.8 Å². The first-order valence-corrected chi connectivity index (χ1v) is 8.73. The topological polar surface area (TPSA) is 89.5 Å². The Balaban J connectivity index is 1.59. The Bertz CT molecular complexity index is 1090. The normalized spacial score (nSPS) is 12.9. The molecular formula is C20H16FN3O4. The molecule has 0 N–H and O–H groups in total. The summed E-state index contributed by atoms with van der Waals surface area (Å²) in [6, 6.07) is 10.7. The summed E-state index contributed by atoms with van der Waals surface area (Å²) in [6.07, 6.45) is 0.600. The molecule has 0 atom stereocenters. The van der Waals surface area contributed by atoms with E-state index in [1.54, 1.807) is 31.2 Å². The minimum Gasteiger partial charge on any atom is -0.441 e. The van der Waals surface area contributed by atoms with Crippen LogP contribution in [0.3, 0.4) is 0 Å². The van der Waals surface area contributed by atoms with Crippen molar-refractivity contribution in [2.75, 3.05) is 11.4 Å². The third-order valence-electron chi connectivity index (χ3n) is 4.79. The number of amides is 1.